The molecule has 2 atom stereocenters. The molecule has 14 heteroatoms. The second-order valence-corrected chi connectivity index (χ2v) is 14.6. The molecule has 0 saturated carbocycles. The summed E-state index contributed by atoms with van der Waals surface area (Å²) in [6.07, 6.45) is 5.55. The Labute approximate surface area is 334 Å². The van der Waals surface area contributed by atoms with E-state index < -0.39 is 48.1 Å². The van der Waals surface area contributed by atoms with E-state index in [0.717, 1.165) is 33.4 Å². The number of hydrogen-bond acceptors (Lipinski definition) is 12. The quantitative estimate of drug-likeness (QED) is 0.119. The number of aromatic nitrogens is 4. The van der Waals surface area contributed by atoms with E-state index in [1.807, 2.05) is 39.0 Å². The van der Waals surface area contributed by atoms with Crippen LogP contribution in [0.3, 0.4) is 0 Å². The van der Waals surface area contributed by atoms with Crippen molar-refractivity contribution < 1.29 is 49.1 Å². The van der Waals surface area contributed by atoms with Gasteiger partial charge in [-0.1, -0.05) is 24.8 Å². The van der Waals surface area contributed by atoms with E-state index in [0.29, 0.717) is 50.4 Å². The third-order valence-electron chi connectivity index (χ3n) is 11.3. The molecule has 6 N–H and O–H groups in total. The van der Waals surface area contributed by atoms with Crippen LogP contribution in [0.4, 0.5) is 0 Å². The minimum absolute atomic E-state index is 0.00340. The number of esters is 2. The zero-order valence-electron chi connectivity index (χ0n) is 33.0. The second kappa shape index (κ2) is 17.4. The summed E-state index contributed by atoms with van der Waals surface area (Å²) in [4.78, 5) is 69.4. The van der Waals surface area contributed by atoms with Gasteiger partial charge in [0.25, 0.3) is 0 Å². The number of rotatable bonds is 15. The van der Waals surface area contributed by atoms with Crippen molar-refractivity contribution in [2.45, 2.75) is 58.8 Å². The Balaban J connectivity index is 1.70. The summed E-state index contributed by atoms with van der Waals surface area (Å²) in [7, 11) is 0. The van der Waals surface area contributed by atoms with E-state index in [4.69, 9.17) is 19.4 Å². The normalized spacial score (nSPS) is 17.3. The van der Waals surface area contributed by atoms with Crippen LogP contribution in [0, 0.1) is 19.8 Å². The van der Waals surface area contributed by atoms with E-state index in [2.05, 4.69) is 16.5 Å². The number of fused-ring (bicyclic) bond motifs is 11. The standard InChI is InChI=1S/C44H48N4O10/c1-6-26-23(2)32-18-37-30-10-7-29(38(53)21-51)43(39(54)22-52)44(30,5)40(48-37)20-33-25(4)28(9-12-42(56)58-16-14-50)36(47-33)19-35-27(8-11-41(55)57-15-13-49)24(3)31(46-35)17-34(26)45-32/h6-7,10,17-20,43,45,47,49-52H,1,8-9,11-16,21-22H2,2-5H3/t43-,44+/m0/s1. The Bertz CT molecular complexity index is 2470. The van der Waals surface area contributed by atoms with E-state index in [1.165, 1.54) is 6.08 Å². The largest absolute Gasteiger partial charge is 0.463 e. The van der Waals surface area contributed by atoms with Crippen molar-refractivity contribution >= 4 is 68.4 Å². The van der Waals surface area contributed by atoms with Crippen LogP contribution in [0.5, 0.6) is 0 Å². The first-order valence-electron chi connectivity index (χ1n) is 19.1. The summed E-state index contributed by atoms with van der Waals surface area (Å²) in [6.45, 7) is 9.11. The fraction of sp³-hybridized carbons (Fsp3) is 0.364. The van der Waals surface area contributed by atoms with Crippen molar-refractivity contribution in [1.29, 1.82) is 0 Å². The topological polar surface area (TPSA) is 225 Å². The lowest BCUT2D eigenvalue weighted by Gasteiger charge is -2.37. The number of allylic oxidation sites excluding steroid dienone is 5. The van der Waals surface area contributed by atoms with E-state index >= 15 is 0 Å². The van der Waals surface area contributed by atoms with Crippen molar-refractivity contribution in [3.63, 3.8) is 0 Å². The van der Waals surface area contributed by atoms with Crippen LogP contribution in [0.1, 0.15) is 78.1 Å². The smallest absolute Gasteiger partial charge is 0.306 e. The minimum atomic E-state index is -1.27. The number of ether oxygens (including phenoxy) is 2. The highest BCUT2D eigenvalue weighted by atomic mass is 16.5. The fourth-order valence-corrected chi connectivity index (χ4v) is 8.19. The number of ketones is 2. The highest BCUT2D eigenvalue weighted by Crippen LogP contribution is 2.52. The number of hydrogen-bond donors (Lipinski definition) is 6. The Kier molecular flexibility index (Phi) is 12.5. The molecule has 0 amide bonds. The van der Waals surface area contributed by atoms with Crippen LogP contribution < -0.4 is 0 Å². The number of aliphatic hydroxyl groups excluding tert-OH is 4. The molecule has 6 rings (SSSR count). The first kappa shape index (κ1) is 41.8. The fourth-order valence-electron chi connectivity index (χ4n) is 8.19. The van der Waals surface area contributed by atoms with Crippen LogP contribution in [-0.4, -0.2) is 104 Å². The second-order valence-electron chi connectivity index (χ2n) is 14.6. The Morgan fingerprint density at radius 1 is 0.776 bits per heavy atom. The summed E-state index contributed by atoms with van der Waals surface area (Å²) in [5, 5.41) is 38.5. The van der Waals surface area contributed by atoms with Gasteiger partial charge >= 0.3 is 11.9 Å². The van der Waals surface area contributed by atoms with Gasteiger partial charge in [0.05, 0.1) is 47.3 Å². The summed E-state index contributed by atoms with van der Waals surface area (Å²) in [6, 6.07) is 7.44. The van der Waals surface area contributed by atoms with Crippen LogP contribution in [0.25, 0.3) is 44.9 Å². The van der Waals surface area contributed by atoms with Crippen LogP contribution in [-0.2, 0) is 40.5 Å². The van der Waals surface area contributed by atoms with E-state index in [-0.39, 0.29) is 57.7 Å². The summed E-state index contributed by atoms with van der Waals surface area (Å²) in [5.41, 5.74) is 9.02. The molecular formula is C44H48N4O10. The van der Waals surface area contributed by atoms with Crippen molar-refractivity contribution in [3.8, 4) is 0 Å². The predicted octanol–water partition coefficient (Wildman–Crippen LogP) is 4.31. The molecule has 14 nitrogen and oxygen atoms in total. The minimum Gasteiger partial charge on any atom is -0.463 e. The average Bonchev–Trinajstić information content (AvgIpc) is 3.87. The highest BCUT2D eigenvalue weighted by molar-refractivity contribution is 6.07. The molecule has 1 aliphatic carbocycles. The third-order valence-corrected chi connectivity index (χ3v) is 11.3. The van der Waals surface area contributed by atoms with Crippen molar-refractivity contribution in [3.05, 3.63) is 93.6 Å². The van der Waals surface area contributed by atoms with Gasteiger partial charge in [0, 0.05) is 46.0 Å². The Morgan fingerprint density at radius 3 is 2.03 bits per heavy atom. The van der Waals surface area contributed by atoms with Gasteiger partial charge < -0.3 is 39.9 Å². The molecule has 304 valence electrons. The van der Waals surface area contributed by atoms with Crippen molar-refractivity contribution in [2.24, 2.45) is 5.92 Å². The van der Waals surface area contributed by atoms with E-state index in [1.54, 1.807) is 25.1 Å². The molecule has 0 saturated heterocycles. The zero-order valence-corrected chi connectivity index (χ0v) is 33.0. The van der Waals surface area contributed by atoms with Gasteiger partial charge in [0.1, 0.15) is 26.4 Å². The number of Topliss-reactive ketones (excluding diaryl/α,β-unsaturated/α-hetero) is 2. The molecule has 0 aromatic carbocycles. The summed E-state index contributed by atoms with van der Waals surface area (Å²) >= 11 is 0. The van der Waals surface area contributed by atoms with Crippen LogP contribution in [0.2, 0.25) is 0 Å². The first-order chi connectivity index (χ1) is 27.8. The molecule has 0 spiro atoms. The van der Waals surface area contributed by atoms with Gasteiger partial charge in [-0.05, 0) is 98.2 Å². The third kappa shape index (κ3) is 7.75. The summed E-state index contributed by atoms with van der Waals surface area (Å²) in [5.74, 6) is -3.41. The highest BCUT2D eigenvalue weighted by Gasteiger charge is 2.52. The maximum Gasteiger partial charge on any atom is 0.306 e. The molecule has 0 unspecified atom stereocenters. The number of H-pyrrole nitrogens is 2. The number of aryl methyl sites for hydroxylation is 3. The number of carbonyl (C=O) groups is 4. The molecule has 3 aliphatic rings. The van der Waals surface area contributed by atoms with Gasteiger partial charge in [-0.15, -0.1) is 0 Å². The van der Waals surface area contributed by atoms with Gasteiger partial charge in [0.2, 0.25) is 0 Å². The molecule has 0 radical (unpaired) electrons. The maximum absolute atomic E-state index is 13.7. The number of nitrogens with one attached hydrogen (secondary N) is 2. The molecule has 8 bridgehead atoms. The summed E-state index contributed by atoms with van der Waals surface area (Å²) < 4.78 is 10.3. The van der Waals surface area contributed by atoms with Gasteiger partial charge in [-0.2, -0.15) is 0 Å². The number of aromatic amines is 2. The lowest BCUT2D eigenvalue weighted by Crippen LogP contribution is -2.43. The van der Waals surface area contributed by atoms with Crippen molar-refractivity contribution in [2.75, 3.05) is 39.6 Å². The monoisotopic (exact) mass is 792 g/mol. The molecule has 5 heterocycles. The lowest BCUT2D eigenvalue weighted by atomic mass is 9.62. The SMILES string of the molecule is C=Cc1c(C)c2cc3nc(cc4[nH]c(cc5nc(cc1[nH]2)C(C)=C5CCC(=O)OCCO)c(CCC(=O)OCCO)c4C)[C@@]1(C)C3=CC=C(C(=O)CO)[C@H]1C(=O)CO. The lowest BCUT2D eigenvalue weighted by molar-refractivity contribution is -0.145. The van der Waals surface area contributed by atoms with E-state index in [9.17, 15) is 39.6 Å². The first-order valence-corrected chi connectivity index (χ1v) is 19.1. The maximum atomic E-state index is 13.7. The molecule has 3 aromatic rings. The van der Waals surface area contributed by atoms with Gasteiger partial charge in [0.15, 0.2) is 11.6 Å². The molecule has 0 fully saturated rings. The van der Waals surface area contributed by atoms with Gasteiger partial charge in [-0.25, -0.2) is 4.98 Å². The number of carbonyl (C=O) groups excluding carboxylic acids is 4. The van der Waals surface area contributed by atoms with Crippen LogP contribution in [0.15, 0.2) is 48.6 Å². The van der Waals surface area contributed by atoms with Crippen molar-refractivity contribution in [1.82, 2.24) is 19.9 Å². The molecule has 3 aromatic heterocycles. The predicted molar refractivity (Wildman–Crippen MR) is 218 cm³/mol. The number of nitrogens with zero attached hydrogens (tertiary/aromatic N) is 2. The molecular weight excluding hydrogens is 745 g/mol. The zero-order chi connectivity index (χ0) is 41.9. The molecule has 58 heavy (non-hydrogen) atoms. The van der Waals surface area contributed by atoms with Gasteiger partial charge in [-0.3, -0.25) is 24.2 Å². The average molecular weight is 793 g/mol. The molecule has 2 aliphatic heterocycles. The number of aliphatic hydroxyl groups is 4. The Morgan fingerprint density at radius 2 is 1.40 bits per heavy atom. The van der Waals surface area contributed by atoms with Crippen LogP contribution >= 0.6 is 0 Å². The Hall–Kier alpha value is -5.80.